The average molecular weight is 346 g/mol. The van der Waals surface area contributed by atoms with Crippen molar-refractivity contribution in [1.82, 2.24) is 9.97 Å². The molecular formula is C11H8FIN2O2. The SMILES string of the molecule is O=c1[nH]c(Cc2cccc(F)c2)nc(O)c1I. The first-order valence-electron chi connectivity index (χ1n) is 4.78. The van der Waals surface area contributed by atoms with E-state index in [4.69, 9.17) is 0 Å². The van der Waals surface area contributed by atoms with Gasteiger partial charge in [-0.05, 0) is 40.3 Å². The Labute approximate surface area is 110 Å². The lowest BCUT2D eigenvalue weighted by Gasteiger charge is -2.03. The lowest BCUT2D eigenvalue weighted by Crippen LogP contribution is -2.14. The summed E-state index contributed by atoms with van der Waals surface area (Å²) in [5.74, 6) is -0.348. The molecule has 0 bridgehead atoms. The van der Waals surface area contributed by atoms with E-state index >= 15 is 0 Å². The minimum atomic E-state index is -0.399. The molecule has 17 heavy (non-hydrogen) atoms. The Morgan fingerprint density at radius 2 is 2.24 bits per heavy atom. The molecule has 1 heterocycles. The maximum Gasteiger partial charge on any atom is 0.268 e. The van der Waals surface area contributed by atoms with E-state index in [9.17, 15) is 14.3 Å². The molecule has 0 aliphatic carbocycles. The van der Waals surface area contributed by atoms with Crippen LogP contribution in [0.1, 0.15) is 11.4 Å². The van der Waals surface area contributed by atoms with Crippen LogP contribution in [0.4, 0.5) is 4.39 Å². The molecule has 0 unspecified atom stereocenters. The molecule has 0 aliphatic heterocycles. The van der Waals surface area contributed by atoms with Crippen molar-refractivity contribution in [1.29, 1.82) is 0 Å². The summed E-state index contributed by atoms with van der Waals surface area (Å²) in [5, 5.41) is 9.40. The summed E-state index contributed by atoms with van der Waals surface area (Å²) >= 11 is 1.71. The van der Waals surface area contributed by atoms with Crippen LogP contribution in [-0.2, 0) is 6.42 Å². The number of aromatic hydroxyl groups is 1. The third-order valence-corrected chi connectivity index (χ3v) is 3.13. The van der Waals surface area contributed by atoms with E-state index in [-0.39, 0.29) is 21.7 Å². The van der Waals surface area contributed by atoms with Crippen molar-refractivity contribution in [2.24, 2.45) is 0 Å². The Bertz CT molecular complexity index is 613. The van der Waals surface area contributed by atoms with Gasteiger partial charge in [-0.2, -0.15) is 4.98 Å². The van der Waals surface area contributed by atoms with Crippen molar-refractivity contribution in [2.75, 3.05) is 0 Å². The quantitative estimate of drug-likeness (QED) is 0.816. The molecule has 0 spiro atoms. The van der Waals surface area contributed by atoms with Crippen molar-refractivity contribution in [3.8, 4) is 5.88 Å². The first-order chi connectivity index (χ1) is 8.06. The zero-order valence-corrected chi connectivity index (χ0v) is 10.7. The van der Waals surface area contributed by atoms with Crippen molar-refractivity contribution < 1.29 is 9.50 Å². The number of nitrogens with one attached hydrogen (secondary N) is 1. The van der Waals surface area contributed by atoms with Crippen molar-refractivity contribution >= 4 is 22.6 Å². The number of hydrogen-bond acceptors (Lipinski definition) is 3. The summed E-state index contributed by atoms with van der Waals surface area (Å²) in [6, 6.07) is 5.99. The van der Waals surface area contributed by atoms with E-state index in [1.807, 2.05) is 0 Å². The molecule has 1 aromatic carbocycles. The highest BCUT2D eigenvalue weighted by Crippen LogP contribution is 2.13. The van der Waals surface area contributed by atoms with Gasteiger partial charge in [-0.1, -0.05) is 12.1 Å². The number of nitrogens with zero attached hydrogens (tertiary/aromatic N) is 1. The Morgan fingerprint density at radius 1 is 1.47 bits per heavy atom. The first kappa shape index (κ1) is 12.0. The Kier molecular flexibility index (Phi) is 3.41. The molecule has 0 fully saturated rings. The molecule has 0 radical (unpaired) electrons. The number of halogens is 2. The molecule has 2 aromatic rings. The average Bonchev–Trinajstić information content (AvgIpc) is 2.26. The van der Waals surface area contributed by atoms with Crippen LogP contribution in [0.15, 0.2) is 29.1 Å². The van der Waals surface area contributed by atoms with Crippen molar-refractivity contribution in [2.45, 2.75) is 6.42 Å². The van der Waals surface area contributed by atoms with Crippen LogP contribution in [0.25, 0.3) is 0 Å². The summed E-state index contributed by atoms with van der Waals surface area (Å²) in [5.41, 5.74) is 0.276. The van der Waals surface area contributed by atoms with Gasteiger partial charge in [0.15, 0.2) is 0 Å². The maximum absolute atomic E-state index is 12.9. The summed E-state index contributed by atoms with van der Waals surface area (Å²) in [4.78, 5) is 17.7. The lowest BCUT2D eigenvalue weighted by atomic mass is 10.1. The zero-order chi connectivity index (χ0) is 12.4. The predicted molar refractivity (Wildman–Crippen MR) is 68.4 cm³/mol. The van der Waals surface area contributed by atoms with E-state index in [0.29, 0.717) is 11.4 Å². The monoisotopic (exact) mass is 346 g/mol. The fourth-order valence-electron chi connectivity index (χ4n) is 1.42. The largest absolute Gasteiger partial charge is 0.492 e. The van der Waals surface area contributed by atoms with Crippen molar-refractivity contribution in [3.63, 3.8) is 0 Å². The molecule has 4 nitrogen and oxygen atoms in total. The second-order valence-electron chi connectivity index (χ2n) is 3.46. The number of aromatic nitrogens is 2. The standard InChI is InChI=1S/C11H8FIN2O2/c12-7-3-1-2-6(4-7)5-8-14-10(16)9(13)11(17)15-8/h1-4H,5H2,(H2,14,15,16,17). The molecule has 2 rings (SSSR count). The first-order valence-corrected chi connectivity index (χ1v) is 5.86. The third-order valence-electron chi connectivity index (χ3n) is 2.15. The Balaban J connectivity index is 2.34. The molecule has 0 saturated carbocycles. The Morgan fingerprint density at radius 3 is 2.88 bits per heavy atom. The number of hydrogen-bond donors (Lipinski definition) is 2. The minimum Gasteiger partial charge on any atom is -0.492 e. The van der Waals surface area contributed by atoms with Gasteiger partial charge < -0.3 is 10.1 Å². The van der Waals surface area contributed by atoms with Crippen LogP contribution >= 0.6 is 22.6 Å². The summed E-state index contributed by atoms with van der Waals surface area (Å²) in [6.07, 6.45) is 0.261. The molecule has 1 aromatic heterocycles. The molecule has 0 amide bonds. The number of benzene rings is 1. The van der Waals surface area contributed by atoms with Crippen LogP contribution in [0.2, 0.25) is 0 Å². The highest BCUT2D eigenvalue weighted by atomic mass is 127. The summed E-state index contributed by atoms with van der Waals surface area (Å²) < 4.78 is 13.1. The summed E-state index contributed by atoms with van der Waals surface area (Å²) in [7, 11) is 0. The van der Waals surface area contributed by atoms with Gasteiger partial charge in [-0.25, -0.2) is 4.39 Å². The van der Waals surface area contributed by atoms with E-state index < -0.39 is 5.56 Å². The fourth-order valence-corrected chi connectivity index (χ4v) is 1.67. The van der Waals surface area contributed by atoms with Crippen LogP contribution in [0, 0.1) is 9.39 Å². The predicted octanol–water partition coefficient (Wildman–Crippen LogP) is 1.81. The highest BCUT2D eigenvalue weighted by Gasteiger charge is 2.08. The topological polar surface area (TPSA) is 66.0 Å². The molecule has 0 aliphatic rings. The van der Waals surface area contributed by atoms with E-state index in [1.165, 1.54) is 12.1 Å². The normalized spacial score (nSPS) is 10.5. The van der Waals surface area contributed by atoms with Crippen LogP contribution in [0.3, 0.4) is 0 Å². The molecule has 2 N–H and O–H groups in total. The van der Waals surface area contributed by atoms with E-state index in [1.54, 1.807) is 34.7 Å². The molecular weight excluding hydrogens is 338 g/mol. The fraction of sp³-hybridized carbons (Fsp3) is 0.0909. The number of H-pyrrole nitrogens is 1. The second kappa shape index (κ2) is 4.82. The molecule has 0 saturated heterocycles. The smallest absolute Gasteiger partial charge is 0.268 e. The molecule has 6 heteroatoms. The Hall–Kier alpha value is -1.44. The maximum atomic E-state index is 12.9. The van der Waals surface area contributed by atoms with Gasteiger partial charge in [0.1, 0.15) is 15.2 Å². The van der Waals surface area contributed by atoms with E-state index in [2.05, 4.69) is 9.97 Å². The molecule has 0 atom stereocenters. The van der Waals surface area contributed by atoms with Gasteiger partial charge in [0.05, 0.1) is 0 Å². The van der Waals surface area contributed by atoms with Gasteiger partial charge in [0.25, 0.3) is 5.56 Å². The van der Waals surface area contributed by atoms with Crippen LogP contribution < -0.4 is 5.56 Å². The van der Waals surface area contributed by atoms with Gasteiger partial charge >= 0.3 is 0 Å². The number of aromatic amines is 1. The van der Waals surface area contributed by atoms with Gasteiger partial charge in [0, 0.05) is 6.42 Å². The van der Waals surface area contributed by atoms with Crippen LogP contribution in [0.5, 0.6) is 5.88 Å². The second-order valence-corrected chi connectivity index (χ2v) is 4.54. The highest BCUT2D eigenvalue weighted by molar-refractivity contribution is 14.1. The third kappa shape index (κ3) is 2.82. The zero-order valence-electron chi connectivity index (χ0n) is 8.58. The molecule has 88 valence electrons. The number of rotatable bonds is 2. The van der Waals surface area contributed by atoms with E-state index in [0.717, 1.165) is 0 Å². The lowest BCUT2D eigenvalue weighted by molar-refractivity contribution is 0.443. The van der Waals surface area contributed by atoms with Crippen molar-refractivity contribution in [3.05, 3.63) is 55.4 Å². The van der Waals surface area contributed by atoms with Gasteiger partial charge in [0.2, 0.25) is 5.88 Å². The van der Waals surface area contributed by atoms with Gasteiger partial charge in [-0.3, -0.25) is 4.79 Å². The van der Waals surface area contributed by atoms with Crippen LogP contribution in [-0.4, -0.2) is 15.1 Å². The minimum absolute atomic E-state index is 0.144. The van der Waals surface area contributed by atoms with Gasteiger partial charge in [-0.15, -0.1) is 0 Å². The summed E-state index contributed by atoms with van der Waals surface area (Å²) in [6.45, 7) is 0.